The minimum absolute atomic E-state index is 0.0562. The minimum Gasteiger partial charge on any atom is -0.338 e. The van der Waals surface area contributed by atoms with E-state index in [0.717, 1.165) is 49.9 Å². The largest absolute Gasteiger partial charge is 0.338 e. The van der Waals surface area contributed by atoms with Crippen LogP contribution in [0.5, 0.6) is 0 Å². The summed E-state index contributed by atoms with van der Waals surface area (Å²) >= 11 is 6.02. The van der Waals surface area contributed by atoms with E-state index in [-0.39, 0.29) is 30.4 Å². The maximum Gasteiger partial charge on any atom is 0.272 e. The van der Waals surface area contributed by atoms with Gasteiger partial charge in [-0.15, -0.1) is 0 Å². The molecule has 1 aromatic carbocycles. The molecule has 0 N–H and O–H groups in total. The number of benzene rings is 1. The lowest BCUT2D eigenvalue weighted by Crippen LogP contribution is -2.51. The highest BCUT2D eigenvalue weighted by Crippen LogP contribution is 2.30. The van der Waals surface area contributed by atoms with Crippen LogP contribution in [0.3, 0.4) is 0 Å². The Labute approximate surface area is 189 Å². The number of aromatic nitrogens is 2. The molecule has 3 heterocycles. The van der Waals surface area contributed by atoms with Gasteiger partial charge in [0.1, 0.15) is 12.2 Å². The molecule has 0 bridgehead atoms. The predicted molar refractivity (Wildman–Crippen MR) is 122 cm³/mol. The van der Waals surface area contributed by atoms with E-state index in [1.165, 1.54) is 6.42 Å². The number of unbranched alkanes of at least 4 members (excludes halogenated alkanes) is 1. The molecule has 0 saturated carbocycles. The maximum absolute atomic E-state index is 13.3. The van der Waals surface area contributed by atoms with E-state index >= 15 is 0 Å². The minimum atomic E-state index is -0.113. The molecular formula is C24H31ClN4O2. The van der Waals surface area contributed by atoms with Crippen molar-refractivity contribution >= 4 is 23.4 Å². The first-order valence-corrected chi connectivity index (χ1v) is 11.8. The van der Waals surface area contributed by atoms with E-state index < -0.39 is 0 Å². The van der Waals surface area contributed by atoms with Gasteiger partial charge in [0.2, 0.25) is 5.91 Å². The predicted octanol–water partition coefficient (Wildman–Crippen LogP) is 4.79. The third kappa shape index (κ3) is 4.64. The summed E-state index contributed by atoms with van der Waals surface area (Å²) in [6, 6.07) is 9.68. The van der Waals surface area contributed by atoms with Gasteiger partial charge in [-0.05, 0) is 50.8 Å². The molecule has 2 aromatic rings. The summed E-state index contributed by atoms with van der Waals surface area (Å²) in [5.41, 5.74) is 2.26. The van der Waals surface area contributed by atoms with E-state index in [0.29, 0.717) is 17.3 Å². The number of nitrogens with zero attached hydrogens (tertiary/aromatic N) is 4. The first kappa shape index (κ1) is 21.9. The van der Waals surface area contributed by atoms with Crippen LogP contribution >= 0.6 is 11.6 Å². The summed E-state index contributed by atoms with van der Waals surface area (Å²) in [6.45, 7) is 5.73. The Balaban J connectivity index is 1.59. The normalized spacial score (nSPS) is 21.3. The van der Waals surface area contributed by atoms with Gasteiger partial charge < -0.3 is 9.80 Å². The van der Waals surface area contributed by atoms with Crippen LogP contribution in [0.25, 0.3) is 11.3 Å². The van der Waals surface area contributed by atoms with Crippen molar-refractivity contribution in [2.45, 2.75) is 64.5 Å². The molecule has 4 rings (SSSR count). The number of carbonyl (C=O) groups is 2. The third-order valence-corrected chi connectivity index (χ3v) is 6.75. The lowest BCUT2D eigenvalue weighted by molar-refractivity contribution is -0.135. The van der Waals surface area contributed by atoms with Gasteiger partial charge in [0.15, 0.2) is 0 Å². The highest BCUT2D eigenvalue weighted by atomic mass is 35.5. The molecule has 2 atom stereocenters. The van der Waals surface area contributed by atoms with Crippen LogP contribution in [0.4, 0.5) is 0 Å². The van der Waals surface area contributed by atoms with Crippen LogP contribution in [0.15, 0.2) is 30.3 Å². The van der Waals surface area contributed by atoms with Crippen LogP contribution in [-0.4, -0.2) is 57.1 Å². The average Bonchev–Trinajstić information content (AvgIpc) is 3.21. The molecule has 1 unspecified atom stereocenters. The van der Waals surface area contributed by atoms with Crippen LogP contribution < -0.4 is 0 Å². The Morgan fingerprint density at radius 2 is 2.00 bits per heavy atom. The molecule has 2 aliphatic heterocycles. The fourth-order valence-electron chi connectivity index (χ4n) is 4.68. The van der Waals surface area contributed by atoms with E-state index in [1.54, 1.807) is 4.90 Å². The smallest absolute Gasteiger partial charge is 0.272 e. The van der Waals surface area contributed by atoms with Gasteiger partial charge in [0, 0.05) is 29.7 Å². The Morgan fingerprint density at radius 3 is 2.71 bits per heavy atom. The van der Waals surface area contributed by atoms with Crippen molar-refractivity contribution in [3.8, 4) is 11.3 Å². The number of amides is 2. The van der Waals surface area contributed by atoms with Crippen LogP contribution in [0.2, 0.25) is 5.02 Å². The Bertz CT molecular complexity index is 940. The van der Waals surface area contributed by atoms with Gasteiger partial charge in [-0.2, -0.15) is 5.10 Å². The van der Waals surface area contributed by atoms with Crippen molar-refractivity contribution in [3.05, 3.63) is 41.0 Å². The van der Waals surface area contributed by atoms with Gasteiger partial charge in [-0.25, -0.2) is 0 Å². The van der Waals surface area contributed by atoms with Crippen LogP contribution in [0.1, 0.15) is 68.9 Å². The number of hydrogen-bond donors (Lipinski definition) is 0. The first-order valence-electron chi connectivity index (χ1n) is 11.4. The number of likely N-dealkylation sites (tertiary alicyclic amines) is 1. The van der Waals surface area contributed by atoms with E-state index in [4.69, 9.17) is 16.7 Å². The van der Waals surface area contributed by atoms with Gasteiger partial charge in [0.25, 0.3) is 5.91 Å². The summed E-state index contributed by atoms with van der Waals surface area (Å²) < 4.78 is 1.88. The average molecular weight is 443 g/mol. The van der Waals surface area contributed by atoms with E-state index in [2.05, 4.69) is 13.8 Å². The molecule has 0 aliphatic carbocycles. The van der Waals surface area contributed by atoms with Crippen LogP contribution in [0, 0.1) is 0 Å². The fraction of sp³-hybridized carbons (Fsp3) is 0.542. The number of carbonyl (C=O) groups excluding carboxylic acids is 2. The molecule has 0 spiro atoms. The summed E-state index contributed by atoms with van der Waals surface area (Å²) in [4.78, 5) is 30.0. The second kappa shape index (κ2) is 9.43. The molecule has 6 nitrogen and oxygen atoms in total. The van der Waals surface area contributed by atoms with Gasteiger partial charge in [-0.1, -0.05) is 43.5 Å². The quantitative estimate of drug-likeness (QED) is 0.646. The molecule has 31 heavy (non-hydrogen) atoms. The Kier molecular flexibility index (Phi) is 6.65. The summed E-state index contributed by atoms with van der Waals surface area (Å²) in [5.74, 6) is -0.0563. The summed E-state index contributed by atoms with van der Waals surface area (Å²) in [7, 11) is 0. The highest BCUT2D eigenvalue weighted by Gasteiger charge is 2.35. The second-order valence-electron chi connectivity index (χ2n) is 8.78. The Hall–Kier alpha value is -2.34. The molecule has 2 aliphatic rings. The number of rotatable bonds is 6. The maximum atomic E-state index is 13.3. The second-order valence-corrected chi connectivity index (χ2v) is 9.22. The standard InChI is InChI=1S/C24H31ClN4O2/c1-3-4-8-20-15-27(16-23(30)28-13-6-5-7-17(28)2)24(31)22-14-21(26-29(20)22)18-9-11-19(25)12-10-18/h9-12,14,17,20H,3-8,13,15-16H2,1-2H3/t17-,20?/m0/s1. The van der Waals surface area contributed by atoms with Gasteiger partial charge in [0.05, 0.1) is 11.7 Å². The Morgan fingerprint density at radius 1 is 1.23 bits per heavy atom. The lowest BCUT2D eigenvalue weighted by atomic mass is 10.0. The van der Waals surface area contributed by atoms with Gasteiger partial charge >= 0.3 is 0 Å². The molecule has 1 saturated heterocycles. The van der Waals surface area contributed by atoms with Crippen molar-refractivity contribution in [3.63, 3.8) is 0 Å². The molecule has 0 radical (unpaired) electrons. The van der Waals surface area contributed by atoms with Crippen molar-refractivity contribution in [2.24, 2.45) is 0 Å². The third-order valence-electron chi connectivity index (χ3n) is 6.50. The lowest BCUT2D eigenvalue weighted by Gasteiger charge is -2.37. The first-order chi connectivity index (χ1) is 15.0. The van der Waals surface area contributed by atoms with Crippen LogP contribution in [-0.2, 0) is 4.79 Å². The SMILES string of the molecule is CCCCC1CN(CC(=O)N2CCCC[C@@H]2C)C(=O)c2cc(-c3ccc(Cl)cc3)nn21. The van der Waals surface area contributed by atoms with Gasteiger partial charge in [-0.3, -0.25) is 14.3 Å². The topological polar surface area (TPSA) is 58.4 Å². The summed E-state index contributed by atoms with van der Waals surface area (Å²) in [6.07, 6.45) is 6.31. The van der Waals surface area contributed by atoms with E-state index in [1.807, 2.05) is 39.9 Å². The summed E-state index contributed by atoms with van der Waals surface area (Å²) in [5, 5.41) is 5.45. The zero-order valence-corrected chi connectivity index (χ0v) is 19.1. The number of hydrogen-bond acceptors (Lipinski definition) is 3. The number of piperidine rings is 1. The molecular weight excluding hydrogens is 412 g/mol. The van der Waals surface area contributed by atoms with Crippen molar-refractivity contribution in [2.75, 3.05) is 19.6 Å². The zero-order chi connectivity index (χ0) is 22.0. The zero-order valence-electron chi connectivity index (χ0n) is 18.4. The monoisotopic (exact) mass is 442 g/mol. The fourth-order valence-corrected chi connectivity index (χ4v) is 4.81. The van der Waals surface area contributed by atoms with Crippen molar-refractivity contribution in [1.29, 1.82) is 0 Å². The molecule has 2 amide bonds. The molecule has 166 valence electrons. The highest BCUT2D eigenvalue weighted by molar-refractivity contribution is 6.30. The number of halogens is 1. The number of fused-ring (bicyclic) bond motifs is 1. The molecule has 1 aromatic heterocycles. The molecule has 1 fully saturated rings. The van der Waals surface area contributed by atoms with E-state index in [9.17, 15) is 9.59 Å². The van der Waals surface area contributed by atoms with Crippen molar-refractivity contribution in [1.82, 2.24) is 19.6 Å². The van der Waals surface area contributed by atoms with Crippen molar-refractivity contribution < 1.29 is 9.59 Å². The molecule has 7 heteroatoms.